The summed E-state index contributed by atoms with van der Waals surface area (Å²) in [5, 5.41) is 8.88. The maximum absolute atomic E-state index is 11.8. The highest BCUT2D eigenvalue weighted by molar-refractivity contribution is 6.71. The standard InChI is InChI=1S/C15H34O8Si2/c1-7-14(2)15(17)21-13-25(18-3,19-4)23-12-20-11-22-24(5,6)10-8-9-16/h14,16H,7-13H2,1-6H3. The second kappa shape index (κ2) is 12.9. The molecule has 0 fully saturated rings. The third-order valence-corrected chi connectivity index (χ3v) is 8.62. The van der Waals surface area contributed by atoms with Gasteiger partial charge in [0.1, 0.15) is 13.6 Å². The molecule has 1 atom stereocenters. The Labute approximate surface area is 153 Å². The van der Waals surface area contributed by atoms with Gasteiger partial charge in [-0.25, -0.2) is 0 Å². The number of esters is 1. The average molecular weight is 399 g/mol. The molecule has 0 aromatic carbocycles. The summed E-state index contributed by atoms with van der Waals surface area (Å²) in [6, 6.07) is 0.855. The van der Waals surface area contributed by atoms with Gasteiger partial charge in [-0.3, -0.25) is 4.79 Å². The largest absolute Gasteiger partial charge is 0.542 e. The normalized spacial score (nSPS) is 13.7. The lowest BCUT2D eigenvalue weighted by Crippen LogP contribution is -2.50. The molecule has 1 unspecified atom stereocenters. The van der Waals surface area contributed by atoms with E-state index in [9.17, 15) is 4.79 Å². The van der Waals surface area contributed by atoms with Crippen molar-refractivity contribution in [2.45, 2.75) is 45.8 Å². The van der Waals surface area contributed by atoms with Gasteiger partial charge in [0.2, 0.25) is 0 Å². The van der Waals surface area contributed by atoms with Crippen LogP contribution < -0.4 is 0 Å². The average Bonchev–Trinajstić information content (AvgIpc) is 2.61. The number of aliphatic hydroxyl groups excluding tert-OH is 1. The predicted octanol–water partition coefficient (Wildman–Crippen LogP) is 1.90. The van der Waals surface area contributed by atoms with Crippen LogP contribution >= 0.6 is 0 Å². The minimum absolute atomic E-state index is 0.0653. The van der Waals surface area contributed by atoms with Crippen LogP contribution in [0.4, 0.5) is 0 Å². The van der Waals surface area contributed by atoms with Gasteiger partial charge in [0.05, 0.1) is 5.92 Å². The van der Waals surface area contributed by atoms with E-state index in [0.29, 0.717) is 6.42 Å². The molecule has 0 saturated heterocycles. The molecule has 0 aliphatic carbocycles. The Morgan fingerprint density at radius 3 is 2.24 bits per heavy atom. The van der Waals surface area contributed by atoms with Crippen LogP contribution in [0.5, 0.6) is 0 Å². The number of hydrogen-bond donors (Lipinski definition) is 1. The molecule has 150 valence electrons. The van der Waals surface area contributed by atoms with Gasteiger partial charge in [0.15, 0.2) is 14.5 Å². The van der Waals surface area contributed by atoms with Crippen molar-refractivity contribution in [3.05, 3.63) is 0 Å². The number of rotatable bonds is 15. The van der Waals surface area contributed by atoms with E-state index in [0.717, 1.165) is 12.5 Å². The van der Waals surface area contributed by atoms with Crippen LogP contribution in [0, 0.1) is 5.92 Å². The lowest BCUT2D eigenvalue weighted by atomic mass is 10.1. The molecular formula is C15H34O8Si2. The quantitative estimate of drug-likeness (QED) is 0.193. The number of aliphatic hydroxyl groups is 1. The predicted molar refractivity (Wildman–Crippen MR) is 97.2 cm³/mol. The molecule has 25 heavy (non-hydrogen) atoms. The van der Waals surface area contributed by atoms with Crippen molar-refractivity contribution in [1.82, 2.24) is 0 Å². The fraction of sp³-hybridized carbons (Fsp3) is 0.933. The van der Waals surface area contributed by atoms with E-state index in [1.807, 2.05) is 6.92 Å². The summed E-state index contributed by atoms with van der Waals surface area (Å²) >= 11 is 0. The van der Waals surface area contributed by atoms with Gasteiger partial charge >= 0.3 is 14.8 Å². The smallest absolute Gasteiger partial charge is 0.461 e. The fourth-order valence-corrected chi connectivity index (χ4v) is 4.63. The first-order valence-electron chi connectivity index (χ1n) is 8.49. The van der Waals surface area contributed by atoms with E-state index in [1.54, 1.807) is 6.92 Å². The molecule has 0 aliphatic rings. The van der Waals surface area contributed by atoms with Crippen molar-refractivity contribution < 1.29 is 37.1 Å². The number of carbonyl (C=O) groups is 1. The molecule has 0 aromatic rings. The van der Waals surface area contributed by atoms with Gasteiger partial charge in [0.25, 0.3) is 0 Å². The molecule has 0 bridgehead atoms. The Morgan fingerprint density at radius 2 is 1.72 bits per heavy atom. The molecule has 0 radical (unpaired) electrons. The molecule has 0 aromatic heterocycles. The number of hydrogen-bond acceptors (Lipinski definition) is 8. The highest BCUT2D eigenvalue weighted by Crippen LogP contribution is 2.14. The van der Waals surface area contributed by atoms with Crippen LogP contribution in [0.15, 0.2) is 0 Å². The van der Waals surface area contributed by atoms with Crippen molar-refractivity contribution in [1.29, 1.82) is 0 Å². The van der Waals surface area contributed by atoms with Crippen molar-refractivity contribution >= 4 is 23.1 Å². The maximum Gasteiger partial charge on any atom is 0.542 e. The van der Waals surface area contributed by atoms with Crippen molar-refractivity contribution in [3.8, 4) is 0 Å². The Bertz CT molecular complexity index is 363. The van der Waals surface area contributed by atoms with Gasteiger partial charge in [-0.15, -0.1) is 0 Å². The van der Waals surface area contributed by atoms with Crippen LogP contribution in [-0.2, 0) is 32.0 Å². The summed E-state index contributed by atoms with van der Waals surface area (Å²) in [4.78, 5) is 11.8. The zero-order chi connectivity index (χ0) is 19.3. The number of carbonyl (C=O) groups excluding carboxylic acids is 1. The summed E-state index contributed by atoms with van der Waals surface area (Å²) in [5.74, 6) is -0.492. The van der Waals surface area contributed by atoms with Crippen LogP contribution in [0.1, 0.15) is 26.7 Å². The van der Waals surface area contributed by atoms with Crippen LogP contribution in [0.2, 0.25) is 19.1 Å². The minimum Gasteiger partial charge on any atom is -0.461 e. The van der Waals surface area contributed by atoms with E-state index in [2.05, 4.69) is 13.1 Å². The Morgan fingerprint density at radius 1 is 1.12 bits per heavy atom. The monoisotopic (exact) mass is 398 g/mol. The minimum atomic E-state index is -3.13. The highest BCUT2D eigenvalue weighted by Gasteiger charge is 2.42. The lowest BCUT2D eigenvalue weighted by Gasteiger charge is -2.27. The maximum atomic E-state index is 11.8. The van der Waals surface area contributed by atoms with Crippen molar-refractivity contribution in [2.24, 2.45) is 5.92 Å². The van der Waals surface area contributed by atoms with Crippen LogP contribution in [-0.4, -0.2) is 68.8 Å². The molecule has 0 spiro atoms. The first-order chi connectivity index (χ1) is 11.8. The van der Waals surface area contributed by atoms with Gasteiger partial charge < -0.3 is 32.3 Å². The zero-order valence-corrected chi connectivity index (χ0v) is 18.3. The summed E-state index contributed by atoms with van der Waals surface area (Å²) < 4.78 is 32.6. The lowest BCUT2D eigenvalue weighted by molar-refractivity contribution is -0.149. The van der Waals surface area contributed by atoms with Gasteiger partial charge in [-0.2, -0.15) is 0 Å². The molecule has 10 heteroatoms. The SMILES string of the molecule is CCC(C)C(=O)OC[Si](OC)(OC)OCOCO[Si](C)(C)CCCO. The van der Waals surface area contributed by atoms with E-state index in [1.165, 1.54) is 14.2 Å². The van der Waals surface area contributed by atoms with Crippen LogP contribution in [0.25, 0.3) is 0 Å². The summed E-state index contributed by atoms with van der Waals surface area (Å²) in [6.07, 6.45) is 1.36. The summed E-state index contributed by atoms with van der Waals surface area (Å²) in [7, 11) is -2.07. The zero-order valence-electron chi connectivity index (χ0n) is 16.3. The van der Waals surface area contributed by atoms with Crippen molar-refractivity contribution in [3.63, 3.8) is 0 Å². The second-order valence-corrected chi connectivity index (χ2v) is 13.4. The molecule has 0 amide bonds. The molecule has 0 heterocycles. The Kier molecular flexibility index (Phi) is 12.8. The topological polar surface area (TPSA) is 92.7 Å². The second-order valence-electron chi connectivity index (χ2n) is 6.32. The summed E-state index contributed by atoms with van der Waals surface area (Å²) in [6.45, 7) is 8.01. The number of ether oxygens (including phenoxy) is 2. The molecular weight excluding hydrogens is 364 g/mol. The molecule has 0 rings (SSSR count). The van der Waals surface area contributed by atoms with E-state index < -0.39 is 17.1 Å². The third kappa shape index (κ3) is 10.4. The van der Waals surface area contributed by atoms with Crippen LogP contribution in [0.3, 0.4) is 0 Å². The molecule has 1 N–H and O–H groups in total. The Hall–Kier alpha value is -0.336. The Balaban J connectivity index is 4.24. The van der Waals surface area contributed by atoms with Crippen molar-refractivity contribution in [2.75, 3.05) is 40.6 Å². The first-order valence-corrected chi connectivity index (χ1v) is 13.5. The molecule has 0 saturated carbocycles. The van der Waals surface area contributed by atoms with Gasteiger partial charge in [0, 0.05) is 20.8 Å². The van der Waals surface area contributed by atoms with Gasteiger partial charge in [-0.1, -0.05) is 13.8 Å². The third-order valence-electron chi connectivity index (χ3n) is 3.86. The van der Waals surface area contributed by atoms with E-state index in [4.69, 9.17) is 32.3 Å². The summed E-state index contributed by atoms with van der Waals surface area (Å²) in [5.41, 5.74) is 0. The van der Waals surface area contributed by atoms with Gasteiger partial charge in [-0.05, 0) is 32.0 Å². The first kappa shape index (κ1) is 24.7. The molecule has 8 nitrogen and oxygen atoms in total. The highest BCUT2D eigenvalue weighted by atomic mass is 28.4. The molecule has 0 aliphatic heterocycles. The van der Waals surface area contributed by atoms with E-state index >= 15 is 0 Å². The van der Waals surface area contributed by atoms with E-state index in [-0.39, 0.29) is 38.3 Å². The fourth-order valence-electron chi connectivity index (χ4n) is 1.77.